The number of rotatable bonds is 4. The number of hydrogen-bond acceptors (Lipinski definition) is 4. The molecule has 6 aromatic rings. The fraction of sp³-hybridized carbons (Fsp3) is 0.257. The second-order valence-electron chi connectivity index (χ2n) is 11.6. The molecule has 1 saturated heterocycles. The summed E-state index contributed by atoms with van der Waals surface area (Å²) in [6.07, 6.45) is -0.523. The van der Waals surface area contributed by atoms with Crippen LogP contribution in [0.1, 0.15) is 45.9 Å². The predicted octanol–water partition coefficient (Wildman–Crippen LogP) is 6.14. The van der Waals surface area contributed by atoms with Gasteiger partial charge in [0.05, 0.1) is 34.3 Å². The van der Waals surface area contributed by atoms with Crippen molar-refractivity contribution < 1.29 is 19.1 Å². The molecule has 0 unspecified atom stereocenters. The van der Waals surface area contributed by atoms with Gasteiger partial charge < -0.3 is 29.2 Å². The van der Waals surface area contributed by atoms with Gasteiger partial charge in [0.15, 0.2) is 0 Å². The fourth-order valence-electron chi connectivity index (χ4n) is 7.52. The highest BCUT2D eigenvalue weighted by Gasteiger charge is 2.42. The highest BCUT2D eigenvalue weighted by atomic mass is 16.6. The number of hydrogen-bond donors (Lipinski definition) is 2. The molecule has 0 bridgehead atoms. The average Bonchev–Trinajstić information content (AvgIpc) is 3.71. The van der Waals surface area contributed by atoms with E-state index in [9.17, 15) is 9.59 Å². The normalized spacial score (nSPS) is 22.0. The number of fused-ring (bicyclic) bond motifs is 10. The Morgan fingerprint density at radius 3 is 2.49 bits per heavy atom. The summed E-state index contributed by atoms with van der Waals surface area (Å²) < 4.78 is 15.0. The molecular formula is C35H32N4O4. The molecule has 216 valence electrons. The van der Waals surface area contributed by atoms with Gasteiger partial charge in [-0.2, -0.15) is 0 Å². The number of nitrogens with one attached hydrogen (secondary N) is 2. The minimum atomic E-state index is -0.419. The Labute approximate surface area is 248 Å². The first-order chi connectivity index (χ1) is 21.0. The van der Waals surface area contributed by atoms with Crippen molar-refractivity contribution in [3.05, 3.63) is 95.6 Å². The largest absolute Gasteiger partial charge is 0.377 e. The fourth-order valence-corrected chi connectivity index (χ4v) is 7.52. The lowest BCUT2D eigenvalue weighted by Crippen LogP contribution is -2.55. The van der Waals surface area contributed by atoms with E-state index in [1.165, 1.54) is 0 Å². The SMILES string of the molecule is CO[C@@H]1[C@H](N(C)C(=O)c2ccccc2)C[C@H](n2c3ccccc3c3c4c(c5c6ccccc6[nH]c5c32)CNC4=O)O[C@@H]1C. The summed E-state index contributed by atoms with van der Waals surface area (Å²) >= 11 is 0. The number of carbonyl (C=O) groups is 2. The highest BCUT2D eigenvalue weighted by Crippen LogP contribution is 2.46. The van der Waals surface area contributed by atoms with Crippen molar-refractivity contribution in [3.8, 4) is 0 Å². The van der Waals surface area contributed by atoms with Crippen molar-refractivity contribution >= 4 is 55.4 Å². The van der Waals surface area contributed by atoms with E-state index in [4.69, 9.17) is 9.47 Å². The molecular weight excluding hydrogens is 540 g/mol. The molecule has 43 heavy (non-hydrogen) atoms. The van der Waals surface area contributed by atoms with Crippen LogP contribution in [0.5, 0.6) is 0 Å². The summed E-state index contributed by atoms with van der Waals surface area (Å²) in [7, 11) is 3.52. The van der Waals surface area contributed by atoms with Crippen LogP contribution in [0.2, 0.25) is 0 Å². The van der Waals surface area contributed by atoms with E-state index in [2.05, 4.69) is 39.1 Å². The van der Waals surface area contributed by atoms with Crippen LogP contribution in [-0.4, -0.2) is 58.7 Å². The van der Waals surface area contributed by atoms with Gasteiger partial charge >= 0.3 is 0 Å². The summed E-state index contributed by atoms with van der Waals surface area (Å²) in [6.45, 7) is 2.49. The number of aromatic amines is 1. The molecule has 2 aromatic heterocycles. The zero-order valence-electron chi connectivity index (χ0n) is 24.3. The Kier molecular flexibility index (Phi) is 5.86. The van der Waals surface area contributed by atoms with Crippen molar-refractivity contribution in [2.75, 3.05) is 14.2 Å². The minimum Gasteiger partial charge on any atom is -0.377 e. The van der Waals surface area contributed by atoms with Crippen LogP contribution < -0.4 is 5.32 Å². The van der Waals surface area contributed by atoms with E-state index in [0.717, 1.165) is 54.7 Å². The van der Waals surface area contributed by atoms with Crippen LogP contribution in [-0.2, 0) is 16.0 Å². The van der Waals surface area contributed by atoms with Crippen LogP contribution >= 0.6 is 0 Å². The Hall–Kier alpha value is -4.66. The summed E-state index contributed by atoms with van der Waals surface area (Å²) in [5.74, 6) is -0.117. The van der Waals surface area contributed by atoms with Gasteiger partial charge in [-0.05, 0) is 36.8 Å². The molecule has 4 aromatic carbocycles. The zero-order chi connectivity index (χ0) is 29.4. The van der Waals surface area contributed by atoms with Gasteiger partial charge in [-0.15, -0.1) is 0 Å². The molecule has 0 aliphatic carbocycles. The molecule has 4 atom stereocenters. The van der Waals surface area contributed by atoms with Gasteiger partial charge in [0.25, 0.3) is 11.8 Å². The first-order valence-corrected chi connectivity index (χ1v) is 14.7. The lowest BCUT2D eigenvalue weighted by molar-refractivity contribution is -0.170. The predicted molar refractivity (Wildman–Crippen MR) is 167 cm³/mol. The number of nitrogens with zero attached hydrogens (tertiary/aromatic N) is 2. The number of amides is 2. The number of likely N-dealkylation sites (N-methyl/N-ethyl adjacent to an activating group) is 1. The maximum Gasteiger partial charge on any atom is 0.253 e. The van der Waals surface area contributed by atoms with E-state index < -0.39 is 6.23 Å². The standard InChI is InChI=1S/C35H32N4O4/c1-19-33(42-3)26(38(2)35(41)20-11-5-4-6-12-20)17-27(43-19)39-25-16-10-8-14-22(25)29-30-23(18-36-34(30)40)28-21-13-7-9-15-24(21)37-31(28)32(29)39/h4-16,19,26-27,33,37H,17-18H2,1-3H3,(H,36,40)/t19-,26-,27-,33+/m1/s1. The summed E-state index contributed by atoms with van der Waals surface area (Å²) in [5, 5.41) is 7.17. The van der Waals surface area contributed by atoms with Crippen molar-refractivity contribution in [1.82, 2.24) is 19.8 Å². The molecule has 2 N–H and O–H groups in total. The van der Waals surface area contributed by atoms with Gasteiger partial charge in [-0.1, -0.05) is 54.6 Å². The van der Waals surface area contributed by atoms with Crippen LogP contribution in [0.25, 0.3) is 43.6 Å². The monoisotopic (exact) mass is 572 g/mol. The molecule has 8 nitrogen and oxygen atoms in total. The molecule has 1 fully saturated rings. The van der Waals surface area contributed by atoms with Gasteiger partial charge in [-0.25, -0.2) is 0 Å². The molecule has 4 heterocycles. The smallest absolute Gasteiger partial charge is 0.253 e. The molecule has 8 rings (SSSR count). The number of methoxy groups -OCH3 is 1. The summed E-state index contributed by atoms with van der Waals surface area (Å²) in [6, 6.07) is 25.5. The third kappa shape index (κ3) is 3.70. The van der Waals surface area contributed by atoms with E-state index in [1.807, 2.05) is 68.6 Å². The first-order valence-electron chi connectivity index (χ1n) is 14.7. The van der Waals surface area contributed by atoms with Crippen LogP contribution in [0.4, 0.5) is 0 Å². The minimum absolute atomic E-state index is 0.0569. The molecule has 0 radical (unpaired) electrons. The molecule has 8 heteroatoms. The Morgan fingerprint density at radius 1 is 0.977 bits per heavy atom. The number of carbonyl (C=O) groups excluding carboxylic acids is 2. The van der Waals surface area contributed by atoms with Gasteiger partial charge in [0.2, 0.25) is 0 Å². The highest BCUT2D eigenvalue weighted by molar-refractivity contribution is 6.30. The van der Waals surface area contributed by atoms with E-state index in [1.54, 1.807) is 12.0 Å². The lowest BCUT2D eigenvalue weighted by atomic mass is 9.95. The first kappa shape index (κ1) is 26.0. The van der Waals surface area contributed by atoms with Crippen molar-refractivity contribution in [2.45, 2.75) is 44.4 Å². The molecule has 2 aliphatic rings. The maximum atomic E-state index is 13.6. The quantitative estimate of drug-likeness (QED) is 0.266. The third-order valence-corrected chi connectivity index (χ3v) is 9.42. The topological polar surface area (TPSA) is 88.6 Å². The zero-order valence-corrected chi connectivity index (χ0v) is 24.3. The number of H-pyrrole nitrogens is 1. The van der Waals surface area contributed by atoms with Gasteiger partial charge in [0.1, 0.15) is 12.3 Å². The van der Waals surface area contributed by atoms with Crippen LogP contribution in [0, 0.1) is 0 Å². The van der Waals surface area contributed by atoms with Crippen molar-refractivity contribution in [1.29, 1.82) is 0 Å². The van der Waals surface area contributed by atoms with Gasteiger partial charge in [-0.3, -0.25) is 9.59 Å². The van der Waals surface area contributed by atoms with Crippen LogP contribution in [0.3, 0.4) is 0 Å². The number of ether oxygens (including phenoxy) is 2. The summed E-state index contributed by atoms with van der Waals surface area (Å²) in [4.78, 5) is 32.6. The molecule has 2 aliphatic heterocycles. The number of aromatic nitrogens is 2. The van der Waals surface area contributed by atoms with Crippen molar-refractivity contribution in [3.63, 3.8) is 0 Å². The van der Waals surface area contributed by atoms with Crippen LogP contribution in [0.15, 0.2) is 78.9 Å². The second-order valence-corrected chi connectivity index (χ2v) is 11.6. The molecule has 0 saturated carbocycles. The van der Waals surface area contributed by atoms with Gasteiger partial charge in [0, 0.05) is 59.7 Å². The number of para-hydroxylation sites is 2. The van der Waals surface area contributed by atoms with E-state index >= 15 is 0 Å². The lowest BCUT2D eigenvalue weighted by Gasteiger charge is -2.44. The Bertz CT molecular complexity index is 2080. The third-order valence-electron chi connectivity index (χ3n) is 9.42. The summed E-state index contributed by atoms with van der Waals surface area (Å²) in [5.41, 5.74) is 6.31. The van der Waals surface area contributed by atoms with E-state index in [0.29, 0.717) is 18.5 Å². The molecule has 0 spiro atoms. The van der Waals surface area contributed by atoms with E-state index in [-0.39, 0.29) is 30.1 Å². The number of benzene rings is 4. The Balaban J connectivity index is 1.38. The Morgan fingerprint density at radius 2 is 1.70 bits per heavy atom. The van der Waals surface area contributed by atoms with Crippen molar-refractivity contribution in [2.24, 2.45) is 0 Å². The maximum absolute atomic E-state index is 13.6. The second kappa shape index (κ2) is 9.69. The molecule has 2 amide bonds. The average molecular weight is 573 g/mol.